The Kier molecular flexibility index (Phi) is 3.06. The summed E-state index contributed by atoms with van der Waals surface area (Å²) < 4.78 is 1.05. The molecule has 1 fully saturated rings. The number of hydrogen-bond donors (Lipinski definition) is 0. The Labute approximate surface area is 93.5 Å². The maximum atomic E-state index is 4.43. The highest BCUT2D eigenvalue weighted by Crippen LogP contribution is 2.23. The molecule has 0 bridgehead atoms. The van der Waals surface area contributed by atoms with Crippen LogP contribution in [0.4, 0.5) is 5.82 Å². The average molecular weight is 255 g/mol. The van der Waals surface area contributed by atoms with Crippen LogP contribution in [0.2, 0.25) is 0 Å². The van der Waals surface area contributed by atoms with E-state index in [1.807, 2.05) is 6.20 Å². The van der Waals surface area contributed by atoms with Gasteiger partial charge in [0.25, 0.3) is 0 Å². The van der Waals surface area contributed by atoms with E-state index < -0.39 is 0 Å². The van der Waals surface area contributed by atoms with Gasteiger partial charge in [-0.2, -0.15) is 0 Å². The Morgan fingerprint density at radius 1 is 1.43 bits per heavy atom. The molecular formula is C11H15BrN2. The monoisotopic (exact) mass is 254 g/mol. The zero-order valence-corrected chi connectivity index (χ0v) is 10.00. The van der Waals surface area contributed by atoms with E-state index in [2.05, 4.69) is 44.9 Å². The van der Waals surface area contributed by atoms with Crippen LogP contribution in [0, 0.1) is 0 Å². The number of halogens is 1. The highest BCUT2D eigenvalue weighted by molar-refractivity contribution is 9.10. The van der Waals surface area contributed by atoms with Gasteiger partial charge in [0.15, 0.2) is 0 Å². The summed E-state index contributed by atoms with van der Waals surface area (Å²) in [5.74, 6) is 1.11. The van der Waals surface area contributed by atoms with Crippen molar-refractivity contribution in [1.82, 2.24) is 4.98 Å². The number of hydrogen-bond acceptors (Lipinski definition) is 2. The molecule has 14 heavy (non-hydrogen) atoms. The van der Waals surface area contributed by atoms with Crippen LogP contribution in [0.15, 0.2) is 22.8 Å². The normalized spacial score (nSPS) is 22.4. The molecule has 0 amide bonds. The van der Waals surface area contributed by atoms with Crippen LogP contribution >= 0.6 is 15.9 Å². The van der Waals surface area contributed by atoms with Crippen LogP contribution in [-0.2, 0) is 0 Å². The van der Waals surface area contributed by atoms with Crippen LogP contribution in [-0.4, -0.2) is 17.6 Å². The lowest BCUT2D eigenvalue weighted by Gasteiger charge is -2.34. The van der Waals surface area contributed by atoms with Crippen LogP contribution in [0.5, 0.6) is 0 Å². The topological polar surface area (TPSA) is 16.1 Å². The Hall–Kier alpha value is -0.570. The number of nitrogens with zero attached hydrogens (tertiary/aromatic N) is 2. The summed E-state index contributed by atoms with van der Waals surface area (Å²) in [7, 11) is 0. The van der Waals surface area contributed by atoms with E-state index in [0.717, 1.165) is 16.8 Å². The molecule has 0 spiro atoms. The zero-order chi connectivity index (χ0) is 9.97. The van der Waals surface area contributed by atoms with Gasteiger partial charge in [0, 0.05) is 23.3 Å². The molecule has 1 aromatic heterocycles. The summed E-state index contributed by atoms with van der Waals surface area (Å²) in [6, 6.07) is 4.78. The second-order valence-corrected chi connectivity index (χ2v) is 4.79. The highest BCUT2D eigenvalue weighted by Gasteiger charge is 2.18. The molecule has 76 valence electrons. The average Bonchev–Trinajstić information content (AvgIpc) is 2.20. The van der Waals surface area contributed by atoms with Crippen molar-refractivity contribution in [2.45, 2.75) is 32.2 Å². The lowest BCUT2D eigenvalue weighted by atomic mass is 10.0. The molecule has 1 aromatic rings. The molecule has 2 heterocycles. The van der Waals surface area contributed by atoms with Crippen molar-refractivity contribution >= 4 is 21.7 Å². The second kappa shape index (κ2) is 4.30. The third kappa shape index (κ3) is 2.08. The number of anilines is 1. The van der Waals surface area contributed by atoms with E-state index in [-0.39, 0.29) is 0 Å². The van der Waals surface area contributed by atoms with E-state index in [1.165, 1.54) is 19.3 Å². The van der Waals surface area contributed by atoms with Crippen molar-refractivity contribution in [3.05, 3.63) is 22.8 Å². The van der Waals surface area contributed by atoms with Crippen molar-refractivity contribution in [2.75, 3.05) is 11.4 Å². The summed E-state index contributed by atoms with van der Waals surface area (Å²) in [5, 5.41) is 0. The van der Waals surface area contributed by atoms with E-state index >= 15 is 0 Å². The molecule has 0 aromatic carbocycles. The first-order valence-electron chi connectivity index (χ1n) is 5.15. The SMILES string of the molecule is C[C@H]1CCCCN1c1ccc(Br)cn1. The highest BCUT2D eigenvalue weighted by atomic mass is 79.9. The Bertz CT molecular complexity index is 297. The van der Waals surface area contributed by atoms with Crippen LogP contribution in [0.1, 0.15) is 26.2 Å². The standard InChI is InChI=1S/C11H15BrN2/c1-9-4-2-3-7-14(9)11-6-5-10(12)8-13-11/h5-6,8-9H,2-4,7H2,1H3/t9-/m0/s1. The summed E-state index contributed by atoms with van der Waals surface area (Å²) in [4.78, 5) is 6.83. The van der Waals surface area contributed by atoms with E-state index in [0.29, 0.717) is 6.04 Å². The van der Waals surface area contributed by atoms with Gasteiger partial charge in [0.05, 0.1) is 0 Å². The first-order valence-corrected chi connectivity index (χ1v) is 5.95. The van der Waals surface area contributed by atoms with Gasteiger partial charge in [-0.05, 0) is 54.2 Å². The van der Waals surface area contributed by atoms with E-state index in [9.17, 15) is 0 Å². The molecule has 3 heteroatoms. The number of aromatic nitrogens is 1. The van der Waals surface area contributed by atoms with Crippen molar-refractivity contribution in [3.8, 4) is 0 Å². The van der Waals surface area contributed by atoms with Gasteiger partial charge in [-0.1, -0.05) is 0 Å². The molecule has 1 aliphatic heterocycles. The fraction of sp³-hybridized carbons (Fsp3) is 0.545. The Morgan fingerprint density at radius 2 is 2.29 bits per heavy atom. The van der Waals surface area contributed by atoms with Gasteiger partial charge in [-0.3, -0.25) is 0 Å². The molecule has 0 radical (unpaired) electrons. The smallest absolute Gasteiger partial charge is 0.128 e. The summed E-state index contributed by atoms with van der Waals surface area (Å²) >= 11 is 3.40. The van der Waals surface area contributed by atoms with Crippen LogP contribution < -0.4 is 4.90 Å². The molecular weight excluding hydrogens is 240 g/mol. The zero-order valence-electron chi connectivity index (χ0n) is 8.41. The van der Waals surface area contributed by atoms with Crippen LogP contribution in [0.3, 0.4) is 0 Å². The van der Waals surface area contributed by atoms with Crippen molar-refractivity contribution < 1.29 is 0 Å². The van der Waals surface area contributed by atoms with Crippen LogP contribution in [0.25, 0.3) is 0 Å². The minimum Gasteiger partial charge on any atom is -0.354 e. The molecule has 2 rings (SSSR count). The molecule has 0 aliphatic carbocycles. The Balaban J connectivity index is 2.16. The van der Waals surface area contributed by atoms with Gasteiger partial charge in [-0.15, -0.1) is 0 Å². The molecule has 1 aliphatic rings. The predicted molar refractivity (Wildman–Crippen MR) is 62.6 cm³/mol. The van der Waals surface area contributed by atoms with Crippen molar-refractivity contribution in [2.24, 2.45) is 0 Å². The number of rotatable bonds is 1. The third-order valence-electron chi connectivity index (χ3n) is 2.81. The van der Waals surface area contributed by atoms with Crippen molar-refractivity contribution in [3.63, 3.8) is 0 Å². The van der Waals surface area contributed by atoms with E-state index in [4.69, 9.17) is 0 Å². The third-order valence-corrected chi connectivity index (χ3v) is 3.28. The lowest BCUT2D eigenvalue weighted by Crippen LogP contribution is -2.37. The summed E-state index contributed by atoms with van der Waals surface area (Å²) in [5.41, 5.74) is 0. The molecule has 0 N–H and O–H groups in total. The quantitative estimate of drug-likeness (QED) is 0.765. The maximum absolute atomic E-state index is 4.43. The number of piperidine rings is 1. The molecule has 1 saturated heterocycles. The summed E-state index contributed by atoms with van der Waals surface area (Å²) in [6.07, 6.45) is 5.81. The molecule has 0 saturated carbocycles. The fourth-order valence-corrected chi connectivity index (χ4v) is 2.21. The van der Waals surface area contributed by atoms with Gasteiger partial charge >= 0.3 is 0 Å². The molecule has 2 nitrogen and oxygen atoms in total. The first kappa shape index (κ1) is 9.97. The maximum Gasteiger partial charge on any atom is 0.128 e. The van der Waals surface area contributed by atoms with E-state index in [1.54, 1.807) is 0 Å². The van der Waals surface area contributed by atoms with Crippen molar-refractivity contribution in [1.29, 1.82) is 0 Å². The van der Waals surface area contributed by atoms with Gasteiger partial charge in [0.1, 0.15) is 5.82 Å². The minimum atomic E-state index is 0.637. The largest absolute Gasteiger partial charge is 0.354 e. The lowest BCUT2D eigenvalue weighted by molar-refractivity contribution is 0.481. The Morgan fingerprint density at radius 3 is 2.93 bits per heavy atom. The second-order valence-electron chi connectivity index (χ2n) is 3.87. The van der Waals surface area contributed by atoms with Gasteiger partial charge < -0.3 is 4.90 Å². The number of pyridine rings is 1. The molecule has 1 atom stereocenters. The predicted octanol–water partition coefficient (Wildman–Crippen LogP) is 3.22. The molecule has 0 unspecified atom stereocenters. The summed E-state index contributed by atoms with van der Waals surface area (Å²) in [6.45, 7) is 3.43. The minimum absolute atomic E-state index is 0.637. The van der Waals surface area contributed by atoms with Gasteiger partial charge in [0.2, 0.25) is 0 Å². The fourth-order valence-electron chi connectivity index (χ4n) is 1.98. The first-order chi connectivity index (χ1) is 6.77. The van der Waals surface area contributed by atoms with Gasteiger partial charge in [-0.25, -0.2) is 4.98 Å².